The Morgan fingerprint density at radius 1 is 1.30 bits per heavy atom. The lowest BCUT2D eigenvalue weighted by atomic mass is 10.1. The van der Waals surface area contributed by atoms with Crippen molar-refractivity contribution >= 4 is 22.1 Å². The van der Waals surface area contributed by atoms with Gasteiger partial charge in [-0.2, -0.15) is 4.98 Å². The van der Waals surface area contributed by atoms with Gasteiger partial charge >= 0.3 is 0 Å². The van der Waals surface area contributed by atoms with Crippen LogP contribution in [-0.2, 0) is 16.6 Å². The molecule has 7 heteroatoms. The molecule has 0 unspecified atom stereocenters. The van der Waals surface area contributed by atoms with Crippen molar-refractivity contribution in [2.24, 2.45) is 0 Å². The maximum atomic E-state index is 12.7. The normalized spacial score (nSPS) is 13.8. The molecule has 3 aromatic rings. The second-order valence-electron chi connectivity index (χ2n) is 5.12. The highest BCUT2D eigenvalue weighted by atomic mass is 32.2. The molecule has 2 atom stereocenters. The molecule has 5 nitrogen and oxygen atoms in total. The molecule has 0 bridgehead atoms. The van der Waals surface area contributed by atoms with Crippen molar-refractivity contribution in [2.75, 3.05) is 0 Å². The van der Waals surface area contributed by atoms with E-state index in [9.17, 15) is 4.21 Å². The quantitative estimate of drug-likeness (QED) is 0.676. The van der Waals surface area contributed by atoms with Crippen LogP contribution in [0.2, 0.25) is 0 Å². The van der Waals surface area contributed by atoms with Crippen LogP contribution < -0.4 is 0 Å². The Balaban J connectivity index is 1.75. The van der Waals surface area contributed by atoms with Crippen molar-refractivity contribution in [3.8, 4) is 10.8 Å². The summed E-state index contributed by atoms with van der Waals surface area (Å²) in [6.07, 6.45) is 0.801. The summed E-state index contributed by atoms with van der Waals surface area (Å²) in [5.41, 5.74) is 3.69. The van der Waals surface area contributed by atoms with Gasteiger partial charge in [0.25, 0.3) is 5.89 Å². The van der Waals surface area contributed by atoms with E-state index in [4.69, 9.17) is 4.52 Å². The highest BCUT2D eigenvalue weighted by Crippen LogP contribution is 2.27. The molecule has 0 aliphatic carbocycles. The molecule has 23 heavy (non-hydrogen) atoms. The lowest BCUT2D eigenvalue weighted by Gasteiger charge is -2.13. The first kappa shape index (κ1) is 16.0. The van der Waals surface area contributed by atoms with Gasteiger partial charge in [0, 0.05) is 10.8 Å². The second kappa shape index (κ2) is 7.14. The van der Waals surface area contributed by atoms with Crippen molar-refractivity contribution < 1.29 is 8.73 Å². The number of aromatic nitrogens is 3. The van der Waals surface area contributed by atoms with Crippen LogP contribution in [0.25, 0.3) is 10.8 Å². The van der Waals surface area contributed by atoms with E-state index < -0.39 is 10.8 Å². The molecule has 0 fully saturated rings. The topological polar surface area (TPSA) is 68.9 Å². The summed E-state index contributed by atoms with van der Waals surface area (Å²) < 4.78 is 18.0. The Hall–Kier alpha value is -1.86. The molecule has 0 radical (unpaired) electrons. The predicted molar refractivity (Wildman–Crippen MR) is 91.5 cm³/mol. The Labute approximate surface area is 141 Å². The van der Waals surface area contributed by atoms with Crippen LogP contribution in [0.15, 0.2) is 40.4 Å². The largest absolute Gasteiger partial charge is 0.333 e. The standard InChI is InChI=1S/C16H17N3O2S2/c1-3-13(12-7-5-4-6-8-12)23(20)9-14-18-16(21-19-14)15-11(2)17-10-22-15/h4-8,10,13H,3,9H2,1-2H3/t13-,23-/m1/s1. The minimum Gasteiger partial charge on any atom is -0.333 e. The maximum absolute atomic E-state index is 12.7. The summed E-state index contributed by atoms with van der Waals surface area (Å²) in [5.74, 6) is 1.21. The third-order valence-corrected chi connectivity index (χ3v) is 6.24. The first-order valence-electron chi connectivity index (χ1n) is 7.34. The fourth-order valence-electron chi connectivity index (χ4n) is 2.38. The van der Waals surface area contributed by atoms with Crippen molar-refractivity contribution in [1.82, 2.24) is 15.1 Å². The Bertz CT molecular complexity index is 799. The molecular formula is C16H17N3O2S2. The Kier molecular flexibility index (Phi) is 4.97. The van der Waals surface area contributed by atoms with Crippen LogP contribution in [0.5, 0.6) is 0 Å². The Morgan fingerprint density at radius 3 is 2.74 bits per heavy atom. The van der Waals surface area contributed by atoms with Gasteiger partial charge < -0.3 is 4.52 Å². The second-order valence-corrected chi connectivity index (χ2v) is 7.59. The number of nitrogens with zero attached hydrogens (tertiary/aromatic N) is 3. The molecule has 0 spiro atoms. The molecule has 2 aromatic heterocycles. The smallest absolute Gasteiger partial charge is 0.269 e. The van der Waals surface area contributed by atoms with Gasteiger partial charge in [-0.3, -0.25) is 4.21 Å². The van der Waals surface area contributed by atoms with E-state index in [1.807, 2.05) is 44.2 Å². The zero-order chi connectivity index (χ0) is 16.2. The summed E-state index contributed by atoms with van der Waals surface area (Å²) in [7, 11) is -1.10. The van der Waals surface area contributed by atoms with E-state index >= 15 is 0 Å². The fraction of sp³-hybridized carbons (Fsp3) is 0.312. The predicted octanol–water partition coefficient (Wildman–Crippen LogP) is 3.90. The molecule has 0 saturated heterocycles. The maximum Gasteiger partial charge on any atom is 0.269 e. The third kappa shape index (κ3) is 3.56. The zero-order valence-corrected chi connectivity index (χ0v) is 14.6. The molecule has 1 aromatic carbocycles. The molecule has 3 rings (SSSR count). The molecule has 0 N–H and O–H groups in total. The monoisotopic (exact) mass is 347 g/mol. The molecule has 120 valence electrons. The van der Waals surface area contributed by atoms with E-state index in [-0.39, 0.29) is 11.0 Å². The van der Waals surface area contributed by atoms with Gasteiger partial charge in [-0.25, -0.2) is 4.98 Å². The molecule has 0 saturated carbocycles. The van der Waals surface area contributed by atoms with Crippen LogP contribution in [0.1, 0.15) is 35.7 Å². The van der Waals surface area contributed by atoms with E-state index in [1.165, 1.54) is 11.3 Å². The minimum atomic E-state index is -1.10. The zero-order valence-electron chi connectivity index (χ0n) is 12.9. The number of rotatable bonds is 6. The molecule has 0 aliphatic heterocycles. The van der Waals surface area contributed by atoms with Crippen molar-refractivity contribution in [3.05, 3.63) is 52.9 Å². The first-order valence-corrected chi connectivity index (χ1v) is 9.60. The summed E-state index contributed by atoms with van der Waals surface area (Å²) in [6.45, 7) is 3.94. The van der Waals surface area contributed by atoms with Crippen LogP contribution in [0.3, 0.4) is 0 Å². The lowest BCUT2D eigenvalue weighted by Crippen LogP contribution is -2.08. The van der Waals surface area contributed by atoms with Gasteiger partial charge in [-0.1, -0.05) is 42.4 Å². The molecular weight excluding hydrogens is 330 g/mol. The van der Waals surface area contributed by atoms with Gasteiger partial charge in [-0.05, 0) is 18.9 Å². The first-order chi connectivity index (χ1) is 11.2. The summed E-state index contributed by atoms with van der Waals surface area (Å²) >= 11 is 1.46. The van der Waals surface area contributed by atoms with Crippen molar-refractivity contribution in [2.45, 2.75) is 31.3 Å². The van der Waals surface area contributed by atoms with E-state index in [2.05, 4.69) is 15.1 Å². The van der Waals surface area contributed by atoms with Crippen LogP contribution >= 0.6 is 11.3 Å². The number of thiazole rings is 1. The molecule has 0 aliphatic rings. The van der Waals surface area contributed by atoms with Crippen LogP contribution in [-0.4, -0.2) is 19.3 Å². The van der Waals surface area contributed by atoms with Gasteiger partial charge in [-0.15, -0.1) is 11.3 Å². The minimum absolute atomic E-state index is 0.0247. The highest BCUT2D eigenvalue weighted by Gasteiger charge is 2.20. The lowest BCUT2D eigenvalue weighted by molar-refractivity contribution is 0.425. The van der Waals surface area contributed by atoms with Gasteiger partial charge in [0.05, 0.1) is 22.2 Å². The van der Waals surface area contributed by atoms with Crippen LogP contribution in [0, 0.1) is 6.92 Å². The van der Waals surface area contributed by atoms with E-state index in [0.717, 1.165) is 22.6 Å². The summed E-state index contributed by atoms with van der Waals surface area (Å²) in [6, 6.07) is 9.91. The molecule has 0 amide bonds. The van der Waals surface area contributed by atoms with Crippen LogP contribution in [0.4, 0.5) is 0 Å². The fourth-order valence-corrected chi connectivity index (χ4v) is 4.51. The number of hydrogen-bond acceptors (Lipinski definition) is 6. The average Bonchev–Trinajstić information content (AvgIpc) is 3.18. The van der Waals surface area contributed by atoms with Gasteiger partial charge in [0.1, 0.15) is 4.88 Å². The molecule has 2 heterocycles. The summed E-state index contributed by atoms with van der Waals surface area (Å²) in [4.78, 5) is 9.40. The Morgan fingerprint density at radius 2 is 2.09 bits per heavy atom. The van der Waals surface area contributed by atoms with Gasteiger partial charge in [0.15, 0.2) is 5.82 Å². The number of benzene rings is 1. The van der Waals surface area contributed by atoms with Crippen molar-refractivity contribution in [3.63, 3.8) is 0 Å². The highest BCUT2D eigenvalue weighted by molar-refractivity contribution is 7.84. The van der Waals surface area contributed by atoms with Crippen molar-refractivity contribution in [1.29, 1.82) is 0 Å². The SMILES string of the molecule is CC[C@H](c1ccccc1)[S@](=O)Cc1noc(-c2scnc2C)n1. The van der Waals surface area contributed by atoms with E-state index in [0.29, 0.717) is 11.7 Å². The van der Waals surface area contributed by atoms with Gasteiger partial charge in [0.2, 0.25) is 0 Å². The third-order valence-electron chi connectivity index (χ3n) is 3.54. The average molecular weight is 347 g/mol. The number of aryl methyl sites for hydroxylation is 1. The van der Waals surface area contributed by atoms with E-state index in [1.54, 1.807) is 5.51 Å². The summed E-state index contributed by atoms with van der Waals surface area (Å²) in [5, 5.41) is 3.94. The number of hydrogen-bond donors (Lipinski definition) is 0.